The molecule has 1 aliphatic rings. The van der Waals surface area contributed by atoms with Crippen LogP contribution in [0.3, 0.4) is 0 Å². The molecule has 0 spiro atoms. The third-order valence-electron chi connectivity index (χ3n) is 6.15. The number of halogens is 1. The first kappa shape index (κ1) is 24.8. The Morgan fingerprint density at radius 3 is 2.63 bits per heavy atom. The largest absolute Gasteiger partial charge is 0.355 e. The summed E-state index contributed by atoms with van der Waals surface area (Å²) < 4.78 is 47.1. The molecule has 1 aromatic heterocycles. The van der Waals surface area contributed by atoms with E-state index in [4.69, 9.17) is 4.52 Å². The van der Waals surface area contributed by atoms with Gasteiger partial charge in [-0.25, -0.2) is 12.8 Å². The highest BCUT2D eigenvalue weighted by Crippen LogP contribution is 2.30. The van der Waals surface area contributed by atoms with Crippen LogP contribution < -0.4 is 5.32 Å². The van der Waals surface area contributed by atoms with Gasteiger partial charge in [-0.15, -0.1) is 0 Å². The van der Waals surface area contributed by atoms with E-state index in [-0.39, 0.29) is 28.8 Å². The third-order valence-corrected chi connectivity index (χ3v) is 8.17. The van der Waals surface area contributed by atoms with Crippen molar-refractivity contribution >= 4 is 33.8 Å². The first-order chi connectivity index (χ1) is 16.6. The Morgan fingerprint density at radius 1 is 1.14 bits per heavy atom. The second kappa shape index (κ2) is 10.1. The zero-order chi connectivity index (χ0) is 25.2. The van der Waals surface area contributed by atoms with Crippen LogP contribution in [0.4, 0.5) is 10.1 Å². The van der Waals surface area contributed by atoms with E-state index in [0.717, 1.165) is 16.7 Å². The summed E-state index contributed by atoms with van der Waals surface area (Å²) in [5.74, 6) is -1.07. The van der Waals surface area contributed by atoms with Crippen molar-refractivity contribution in [3.63, 3.8) is 0 Å². The molecule has 9 heteroatoms. The van der Waals surface area contributed by atoms with Crippen molar-refractivity contribution in [3.05, 3.63) is 76.4 Å². The van der Waals surface area contributed by atoms with Crippen molar-refractivity contribution in [2.45, 2.75) is 38.5 Å². The Bertz CT molecular complexity index is 1360. The summed E-state index contributed by atoms with van der Waals surface area (Å²) in [6.45, 7) is 5.90. The fourth-order valence-electron chi connectivity index (χ4n) is 4.19. The number of hydrogen-bond donors (Lipinski definition) is 1. The molecule has 1 fully saturated rings. The predicted octanol–water partition coefficient (Wildman–Crippen LogP) is 4.95. The van der Waals surface area contributed by atoms with Gasteiger partial charge in [0.15, 0.2) is 10.7 Å². The minimum absolute atomic E-state index is 0.0126. The van der Waals surface area contributed by atoms with Gasteiger partial charge in [0.2, 0.25) is 15.9 Å². The zero-order valence-corrected chi connectivity index (χ0v) is 20.7. The van der Waals surface area contributed by atoms with Gasteiger partial charge in [0.25, 0.3) is 0 Å². The molecule has 1 amide bonds. The molecule has 1 N–H and O–H groups in total. The zero-order valence-electron chi connectivity index (χ0n) is 19.9. The highest BCUT2D eigenvalue weighted by atomic mass is 32.2. The van der Waals surface area contributed by atoms with E-state index in [0.29, 0.717) is 25.1 Å². The minimum Gasteiger partial charge on any atom is -0.355 e. The highest BCUT2D eigenvalue weighted by molar-refractivity contribution is 7.89. The molecule has 184 valence electrons. The van der Waals surface area contributed by atoms with Gasteiger partial charge in [-0.3, -0.25) is 4.79 Å². The van der Waals surface area contributed by atoms with E-state index < -0.39 is 21.8 Å². The molecule has 4 rings (SSSR count). The Balaban J connectivity index is 1.55. The molecular formula is C26H28FN3O4S. The predicted molar refractivity (Wildman–Crippen MR) is 133 cm³/mol. The van der Waals surface area contributed by atoms with E-state index in [1.54, 1.807) is 13.0 Å². The van der Waals surface area contributed by atoms with Gasteiger partial charge < -0.3 is 9.84 Å². The lowest BCUT2D eigenvalue weighted by Gasteiger charge is -2.31. The standard InChI is InChI=1S/C26H28FN3O4S/c1-17-6-7-18(2)20(15-17)8-13-24-25(19(3)29-34-24)35(32,33)30-14-4-5-21(16-30)26(31)28-23-11-9-22(27)10-12-23/h6-13,15,21H,4-5,14,16H2,1-3H3,(H,28,31). The molecule has 0 radical (unpaired) electrons. The lowest BCUT2D eigenvalue weighted by molar-refractivity contribution is -0.120. The van der Waals surface area contributed by atoms with Gasteiger partial charge in [0.1, 0.15) is 11.5 Å². The van der Waals surface area contributed by atoms with E-state index in [1.165, 1.54) is 28.6 Å². The molecular weight excluding hydrogens is 469 g/mol. The number of anilines is 1. The number of aromatic nitrogens is 1. The molecule has 35 heavy (non-hydrogen) atoms. The van der Waals surface area contributed by atoms with Crippen molar-refractivity contribution in [1.82, 2.24) is 9.46 Å². The Hall–Kier alpha value is -3.30. The number of sulfonamides is 1. The van der Waals surface area contributed by atoms with Gasteiger partial charge in [0, 0.05) is 18.8 Å². The Kier molecular flexibility index (Phi) is 7.18. The van der Waals surface area contributed by atoms with Crippen LogP contribution in [0.15, 0.2) is 51.9 Å². The first-order valence-corrected chi connectivity index (χ1v) is 12.9. The molecule has 7 nitrogen and oxygen atoms in total. The second-order valence-corrected chi connectivity index (χ2v) is 10.7. The number of piperidine rings is 1. The number of aryl methyl sites for hydroxylation is 3. The van der Waals surface area contributed by atoms with Crippen LogP contribution in [0.2, 0.25) is 0 Å². The quantitative estimate of drug-likeness (QED) is 0.520. The molecule has 1 atom stereocenters. The Morgan fingerprint density at radius 2 is 1.89 bits per heavy atom. The summed E-state index contributed by atoms with van der Waals surface area (Å²) >= 11 is 0. The number of benzene rings is 2. The van der Waals surface area contributed by atoms with Crippen molar-refractivity contribution in [2.75, 3.05) is 18.4 Å². The molecule has 0 aliphatic carbocycles. The maximum absolute atomic E-state index is 13.6. The van der Waals surface area contributed by atoms with Crippen LogP contribution in [-0.2, 0) is 14.8 Å². The molecule has 2 heterocycles. The smallest absolute Gasteiger partial charge is 0.248 e. The van der Waals surface area contributed by atoms with Crippen molar-refractivity contribution in [3.8, 4) is 0 Å². The summed E-state index contributed by atoms with van der Waals surface area (Å²) in [5.41, 5.74) is 3.83. The topological polar surface area (TPSA) is 92.5 Å². The number of nitrogens with one attached hydrogen (secondary N) is 1. The van der Waals surface area contributed by atoms with Gasteiger partial charge in [-0.2, -0.15) is 4.31 Å². The molecule has 1 saturated heterocycles. The SMILES string of the molecule is Cc1ccc(C)c(C=Cc2onc(C)c2S(=O)(=O)N2CCCC(C(=O)Nc3ccc(F)cc3)C2)c1. The average Bonchev–Trinajstić information content (AvgIpc) is 3.22. The van der Waals surface area contributed by atoms with E-state index in [2.05, 4.69) is 10.5 Å². The van der Waals surface area contributed by atoms with Crippen LogP contribution in [0.5, 0.6) is 0 Å². The van der Waals surface area contributed by atoms with Crippen LogP contribution in [0.1, 0.15) is 41.0 Å². The van der Waals surface area contributed by atoms with Crippen molar-refractivity contribution < 1.29 is 22.1 Å². The maximum atomic E-state index is 13.6. The minimum atomic E-state index is -3.95. The number of carbonyl (C=O) groups excluding carboxylic acids is 1. The summed E-state index contributed by atoms with van der Waals surface area (Å²) in [5, 5.41) is 6.65. The first-order valence-electron chi connectivity index (χ1n) is 11.4. The second-order valence-electron chi connectivity index (χ2n) is 8.85. The van der Waals surface area contributed by atoms with E-state index in [9.17, 15) is 17.6 Å². The van der Waals surface area contributed by atoms with Crippen LogP contribution in [0.25, 0.3) is 12.2 Å². The Labute approximate surface area is 204 Å². The van der Waals surface area contributed by atoms with Crippen LogP contribution in [0, 0.1) is 32.5 Å². The summed E-state index contributed by atoms with van der Waals surface area (Å²) in [6.07, 6.45) is 4.54. The molecule has 3 aromatic rings. The lowest BCUT2D eigenvalue weighted by atomic mass is 9.99. The lowest BCUT2D eigenvalue weighted by Crippen LogP contribution is -2.43. The van der Waals surface area contributed by atoms with Gasteiger partial charge in [0.05, 0.1) is 5.92 Å². The molecule has 1 aliphatic heterocycles. The highest BCUT2D eigenvalue weighted by Gasteiger charge is 2.37. The monoisotopic (exact) mass is 497 g/mol. The molecule has 0 bridgehead atoms. The molecule has 1 unspecified atom stereocenters. The van der Waals surface area contributed by atoms with E-state index >= 15 is 0 Å². The van der Waals surface area contributed by atoms with Gasteiger partial charge >= 0.3 is 0 Å². The van der Waals surface area contributed by atoms with Crippen LogP contribution >= 0.6 is 0 Å². The number of nitrogens with zero attached hydrogens (tertiary/aromatic N) is 2. The molecule has 0 saturated carbocycles. The fourth-order valence-corrected chi connectivity index (χ4v) is 5.96. The third kappa shape index (κ3) is 5.52. The van der Waals surface area contributed by atoms with Crippen molar-refractivity contribution in [1.29, 1.82) is 0 Å². The number of amides is 1. The maximum Gasteiger partial charge on any atom is 0.248 e. The number of hydrogen-bond acceptors (Lipinski definition) is 5. The number of carbonyl (C=O) groups is 1. The summed E-state index contributed by atoms with van der Waals surface area (Å²) in [6, 6.07) is 11.5. The normalized spacial score (nSPS) is 17.1. The molecule has 2 aromatic carbocycles. The van der Waals surface area contributed by atoms with Crippen molar-refractivity contribution in [2.24, 2.45) is 5.92 Å². The average molecular weight is 498 g/mol. The fraction of sp³-hybridized carbons (Fsp3) is 0.308. The number of rotatable bonds is 6. The summed E-state index contributed by atoms with van der Waals surface area (Å²) in [7, 11) is -3.95. The van der Waals surface area contributed by atoms with E-state index in [1.807, 2.05) is 38.1 Å². The summed E-state index contributed by atoms with van der Waals surface area (Å²) in [4.78, 5) is 12.8. The van der Waals surface area contributed by atoms with Gasteiger partial charge in [-0.05, 0) is 75.1 Å². The van der Waals surface area contributed by atoms with Crippen LogP contribution in [-0.4, -0.2) is 36.9 Å². The van der Waals surface area contributed by atoms with Gasteiger partial charge in [-0.1, -0.05) is 35.0 Å².